The van der Waals surface area contributed by atoms with E-state index in [1.54, 1.807) is 69.3 Å². The highest BCUT2D eigenvalue weighted by Gasteiger charge is 2.46. The molecule has 4 N–H and O–H groups in total. The first-order chi connectivity index (χ1) is 20.1. The summed E-state index contributed by atoms with van der Waals surface area (Å²) in [6.07, 6.45) is -2.69. The summed E-state index contributed by atoms with van der Waals surface area (Å²) < 4.78 is 40.6. The van der Waals surface area contributed by atoms with Crippen molar-refractivity contribution >= 4 is 35.1 Å². The first kappa shape index (κ1) is 31.5. The number of nitrogens with one attached hydrogen (secondary N) is 1. The number of nitrogens with two attached hydrogens (primary N) is 1. The van der Waals surface area contributed by atoms with Gasteiger partial charge in [0.25, 0.3) is 5.92 Å². The van der Waals surface area contributed by atoms with Gasteiger partial charge >= 0.3 is 12.1 Å². The number of aliphatic carboxylic acids is 1. The first-order valence-corrected chi connectivity index (χ1v) is 13.9. The van der Waals surface area contributed by atoms with Gasteiger partial charge < -0.3 is 30.5 Å². The minimum Gasteiger partial charge on any atom is -0.487 e. The molecule has 0 aliphatic carbocycles. The molecule has 0 saturated carbocycles. The van der Waals surface area contributed by atoms with E-state index in [4.69, 9.17) is 20.2 Å². The Kier molecular flexibility index (Phi) is 9.07. The Labute approximate surface area is 248 Å². The van der Waals surface area contributed by atoms with E-state index in [-0.39, 0.29) is 30.9 Å². The van der Waals surface area contributed by atoms with Gasteiger partial charge in [-0.25, -0.2) is 23.4 Å². The maximum Gasteiger partial charge on any atom is 0.408 e. The third kappa shape index (κ3) is 7.68. The number of aliphatic imine (C=N–C) groups is 1. The van der Waals surface area contributed by atoms with Gasteiger partial charge in [-0.05, 0) is 35.6 Å². The molecule has 43 heavy (non-hydrogen) atoms. The Balaban J connectivity index is 1.78. The zero-order valence-corrected chi connectivity index (χ0v) is 24.3. The molecule has 0 unspecified atom stereocenters. The number of aryl methyl sites for hydroxylation is 1. The number of para-hydroxylation sites is 2. The normalized spacial score (nSPS) is 24.4. The third-order valence-electron chi connectivity index (χ3n) is 7.34. The highest BCUT2D eigenvalue weighted by molar-refractivity contribution is 6.12. The fraction of sp³-hybridized carbons (Fsp3) is 0.419. The Hall–Kier alpha value is -4.48. The summed E-state index contributed by atoms with van der Waals surface area (Å²) in [5.74, 6) is -5.24. The van der Waals surface area contributed by atoms with Crippen LogP contribution in [0.3, 0.4) is 0 Å². The lowest BCUT2D eigenvalue weighted by atomic mass is 9.85. The number of hydrogen-bond acceptors (Lipinski definition) is 7. The summed E-state index contributed by atoms with van der Waals surface area (Å²) >= 11 is 0. The second kappa shape index (κ2) is 12.4. The molecule has 1 fully saturated rings. The van der Waals surface area contributed by atoms with E-state index in [1.807, 2.05) is 0 Å². The number of hydrogen-bond donors (Lipinski definition) is 3. The van der Waals surface area contributed by atoms with Crippen LogP contribution < -0.4 is 11.1 Å². The molecular formula is C31H36F2N4O6. The number of fused-ring (bicyclic) bond motifs is 4. The number of benzene rings is 2. The summed E-state index contributed by atoms with van der Waals surface area (Å²) in [5.41, 5.74) is 7.39. The number of nitrogen functional groups attached to an aromatic ring is 1. The van der Waals surface area contributed by atoms with Crippen LogP contribution in [0.5, 0.6) is 0 Å². The lowest BCUT2D eigenvalue weighted by Gasteiger charge is -2.34. The maximum atomic E-state index is 14.8. The van der Waals surface area contributed by atoms with Crippen LogP contribution >= 0.6 is 0 Å². The van der Waals surface area contributed by atoms with E-state index < -0.39 is 60.5 Å². The summed E-state index contributed by atoms with van der Waals surface area (Å²) in [6.45, 7) is 7.71. The van der Waals surface area contributed by atoms with Crippen LogP contribution in [0.15, 0.2) is 65.9 Å². The highest BCUT2D eigenvalue weighted by atomic mass is 19.3. The van der Waals surface area contributed by atoms with E-state index >= 15 is 0 Å². The number of carboxylic acids is 1. The Morgan fingerprint density at radius 2 is 1.91 bits per heavy atom. The number of alkyl halides is 2. The molecule has 4 bridgehead atoms. The number of cyclic esters (lactones) is 1. The van der Waals surface area contributed by atoms with Crippen molar-refractivity contribution < 1.29 is 37.7 Å². The van der Waals surface area contributed by atoms with Gasteiger partial charge in [-0.1, -0.05) is 57.7 Å². The van der Waals surface area contributed by atoms with Gasteiger partial charge in [0.05, 0.1) is 17.9 Å². The summed E-state index contributed by atoms with van der Waals surface area (Å²) in [6, 6.07) is 11.1. The van der Waals surface area contributed by atoms with Crippen LogP contribution in [0.2, 0.25) is 0 Å². The van der Waals surface area contributed by atoms with Gasteiger partial charge in [-0.3, -0.25) is 4.79 Å². The zero-order chi connectivity index (χ0) is 31.5. The topological polar surface area (TPSA) is 144 Å². The lowest BCUT2D eigenvalue weighted by molar-refractivity contribution is -0.150. The standard InChI is InChI=1S/C31H36F2N4O6/c1-18-25(35-23-11-6-5-10-22(23)34)20-9-7-8-19(14-20)12-13-31(32,33)17-42-29(41)36-26(30(2,3)4)27(38)37-16-21(43-18)15-24(37)28(39)40/h5-11,14,21,24,26H,1,12-13,15-17,34H2,2-4H3,(H,36,41)(H,39,40)/t21-,24+,26-/m1/s1. The van der Waals surface area contributed by atoms with Gasteiger partial charge in [0.15, 0.2) is 6.61 Å². The number of allylic oxidation sites excluding steroid dienone is 1. The van der Waals surface area contributed by atoms with Crippen molar-refractivity contribution in [3.63, 3.8) is 0 Å². The quantitative estimate of drug-likeness (QED) is 0.425. The van der Waals surface area contributed by atoms with Crippen molar-refractivity contribution in [2.45, 2.75) is 64.1 Å². The summed E-state index contributed by atoms with van der Waals surface area (Å²) in [7, 11) is 0. The largest absolute Gasteiger partial charge is 0.487 e. The third-order valence-corrected chi connectivity index (χ3v) is 7.34. The molecule has 12 heteroatoms. The molecule has 2 aliphatic rings. The number of rotatable bonds is 2. The first-order valence-electron chi connectivity index (χ1n) is 13.9. The molecule has 0 aromatic heterocycles. The van der Waals surface area contributed by atoms with E-state index in [0.29, 0.717) is 22.5 Å². The zero-order valence-electron chi connectivity index (χ0n) is 24.3. The van der Waals surface area contributed by atoms with Gasteiger partial charge in [-0.15, -0.1) is 0 Å². The number of alkyl carbamates (subject to hydrolysis) is 1. The van der Waals surface area contributed by atoms with Crippen LogP contribution in [0.25, 0.3) is 0 Å². The second-order valence-electron chi connectivity index (χ2n) is 11.8. The van der Waals surface area contributed by atoms with E-state index in [1.165, 1.54) is 0 Å². The van der Waals surface area contributed by atoms with Crippen LogP contribution in [0, 0.1) is 5.41 Å². The lowest BCUT2D eigenvalue weighted by Crippen LogP contribution is -2.57. The minimum atomic E-state index is -3.36. The number of anilines is 1. The van der Waals surface area contributed by atoms with Crippen LogP contribution in [0.4, 0.5) is 25.0 Å². The van der Waals surface area contributed by atoms with Crippen LogP contribution in [0.1, 0.15) is 44.7 Å². The monoisotopic (exact) mass is 598 g/mol. The molecule has 4 rings (SSSR count). The molecule has 10 nitrogen and oxygen atoms in total. The summed E-state index contributed by atoms with van der Waals surface area (Å²) in [4.78, 5) is 44.3. The number of ether oxygens (including phenoxy) is 2. The smallest absolute Gasteiger partial charge is 0.408 e. The van der Waals surface area contributed by atoms with E-state index in [9.17, 15) is 28.3 Å². The molecule has 1 saturated heterocycles. The molecule has 0 radical (unpaired) electrons. The van der Waals surface area contributed by atoms with Crippen LogP contribution in [-0.2, 0) is 25.5 Å². The minimum absolute atomic E-state index is 0.0408. The predicted octanol–water partition coefficient (Wildman–Crippen LogP) is 4.70. The number of halogens is 2. The molecule has 2 aromatic rings. The number of carbonyl (C=O) groups is 3. The van der Waals surface area contributed by atoms with Gasteiger partial charge in [0.2, 0.25) is 5.91 Å². The van der Waals surface area contributed by atoms with Crippen molar-refractivity contribution in [3.8, 4) is 0 Å². The molecule has 2 heterocycles. The van der Waals surface area contributed by atoms with Crippen molar-refractivity contribution in [3.05, 3.63) is 72.0 Å². The number of nitrogens with zero attached hydrogens (tertiary/aromatic N) is 2. The van der Waals surface area contributed by atoms with Gasteiger partial charge in [0, 0.05) is 18.4 Å². The average molecular weight is 599 g/mol. The predicted molar refractivity (Wildman–Crippen MR) is 156 cm³/mol. The van der Waals surface area contributed by atoms with Crippen molar-refractivity contribution in [1.29, 1.82) is 0 Å². The Morgan fingerprint density at radius 3 is 2.58 bits per heavy atom. The number of carbonyl (C=O) groups excluding carboxylic acids is 2. The second-order valence-corrected chi connectivity index (χ2v) is 11.8. The number of amides is 2. The fourth-order valence-electron chi connectivity index (χ4n) is 5.03. The van der Waals surface area contributed by atoms with Crippen molar-refractivity contribution in [2.75, 3.05) is 18.9 Å². The van der Waals surface area contributed by atoms with Crippen molar-refractivity contribution in [1.82, 2.24) is 10.2 Å². The molecule has 2 aromatic carbocycles. The average Bonchev–Trinajstić information content (AvgIpc) is 3.36. The van der Waals surface area contributed by atoms with Gasteiger partial charge in [0.1, 0.15) is 29.7 Å². The highest BCUT2D eigenvalue weighted by Crippen LogP contribution is 2.31. The summed E-state index contributed by atoms with van der Waals surface area (Å²) in [5, 5.41) is 12.3. The molecule has 0 spiro atoms. The molecule has 3 atom stereocenters. The molecule has 2 aliphatic heterocycles. The van der Waals surface area contributed by atoms with Crippen molar-refractivity contribution in [2.24, 2.45) is 10.4 Å². The maximum absolute atomic E-state index is 14.8. The van der Waals surface area contributed by atoms with E-state index in [0.717, 1.165) is 4.90 Å². The Morgan fingerprint density at radius 1 is 1.19 bits per heavy atom. The fourth-order valence-corrected chi connectivity index (χ4v) is 5.03. The SMILES string of the molecule is C=C1O[C@@H]2C[C@@H](C(=O)O)N(C2)C(=O)[C@H](C(C)(C)C)NC(=O)OCC(F)(F)CCc2cccc(c2)C1=Nc1ccccc1N. The Bertz CT molecular complexity index is 1440. The van der Waals surface area contributed by atoms with Crippen LogP contribution in [-0.4, -0.2) is 70.9 Å². The molecular weight excluding hydrogens is 562 g/mol. The molecule has 2 amide bonds. The van der Waals surface area contributed by atoms with E-state index in [2.05, 4.69) is 11.9 Å². The van der Waals surface area contributed by atoms with Gasteiger partial charge in [-0.2, -0.15) is 0 Å². The number of carboxylic acid groups (broad SMARTS) is 1. The molecule has 230 valence electrons.